The van der Waals surface area contributed by atoms with Gasteiger partial charge in [-0.05, 0) is 47.6 Å². The summed E-state index contributed by atoms with van der Waals surface area (Å²) in [6.07, 6.45) is 2.66. The first-order valence-corrected chi connectivity index (χ1v) is 7.40. The average Bonchev–Trinajstić information content (AvgIpc) is 3.33. The van der Waals surface area contributed by atoms with Crippen molar-refractivity contribution in [3.63, 3.8) is 0 Å². The summed E-state index contributed by atoms with van der Waals surface area (Å²) in [5.41, 5.74) is 9.70. The number of nitrogens with two attached hydrogens (primary N) is 1. The fourth-order valence-electron chi connectivity index (χ4n) is 2.56. The van der Waals surface area contributed by atoms with E-state index in [-0.39, 0.29) is 5.91 Å². The molecule has 1 amide bonds. The van der Waals surface area contributed by atoms with E-state index in [0.29, 0.717) is 5.56 Å². The van der Waals surface area contributed by atoms with Crippen molar-refractivity contribution in [2.75, 3.05) is 0 Å². The van der Waals surface area contributed by atoms with Crippen LogP contribution in [-0.4, -0.2) is 5.91 Å². The molecule has 0 heterocycles. The van der Waals surface area contributed by atoms with Gasteiger partial charge in [0.1, 0.15) is 0 Å². The van der Waals surface area contributed by atoms with Gasteiger partial charge in [0, 0.05) is 18.7 Å². The standard InChI is InChI=1S/C18H20N2O/c19-18(21)17-6-2-4-14(10-17)12-20-11-13-3-1-5-16(9-13)15-7-8-15/h1-6,9-10,15,20H,7-8,11-12H2,(H2,19,21). The lowest BCUT2D eigenvalue weighted by Crippen LogP contribution is -2.15. The third-order valence-corrected chi connectivity index (χ3v) is 3.87. The summed E-state index contributed by atoms with van der Waals surface area (Å²) in [6, 6.07) is 16.3. The number of carbonyl (C=O) groups is 1. The highest BCUT2D eigenvalue weighted by Gasteiger charge is 2.23. The third kappa shape index (κ3) is 3.70. The highest BCUT2D eigenvalue weighted by molar-refractivity contribution is 5.92. The lowest BCUT2D eigenvalue weighted by atomic mass is 10.1. The molecule has 0 aliphatic heterocycles. The van der Waals surface area contributed by atoms with E-state index < -0.39 is 0 Å². The van der Waals surface area contributed by atoms with Crippen LogP contribution < -0.4 is 11.1 Å². The Morgan fingerprint density at radius 1 is 1.05 bits per heavy atom. The highest BCUT2D eigenvalue weighted by Crippen LogP contribution is 2.40. The summed E-state index contributed by atoms with van der Waals surface area (Å²) in [7, 11) is 0. The Morgan fingerprint density at radius 2 is 1.71 bits per heavy atom. The summed E-state index contributed by atoms with van der Waals surface area (Å²) < 4.78 is 0. The Hall–Kier alpha value is -2.13. The van der Waals surface area contributed by atoms with Gasteiger partial charge in [-0.1, -0.05) is 36.4 Å². The first kappa shape index (κ1) is 13.8. The molecule has 0 radical (unpaired) electrons. The van der Waals surface area contributed by atoms with Crippen molar-refractivity contribution in [2.24, 2.45) is 5.73 Å². The van der Waals surface area contributed by atoms with Crippen molar-refractivity contribution in [1.82, 2.24) is 5.32 Å². The summed E-state index contributed by atoms with van der Waals surface area (Å²) >= 11 is 0. The van der Waals surface area contributed by atoms with Crippen LogP contribution in [0.25, 0.3) is 0 Å². The van der Waals surface area contributed by atoms with Crippen molar-refractivity contribution in [2.45, 2.75) is 31.8 Å². The van der Waals surface area contributed by atoms with Crippen LogP contribution in [0.5, 0.6) is 0 Å². The van der Waals surface area contributed by atoms with Crippen LogP contribution in [0.3, 0.4) is 0 Å². The normalized spacial score (nSPS) is 14.1. The molecule has 2 aromatic carbocycles. The summed E-state index contributed by atoms with van der Waals surface area (Å²) in [4.78, 5) is 11.2. The Balaban J connectivity index is 1.57. The lowest BCUT2D eigenvalue weighted by molar-refractivity contribution is 0.1000. The van der Waals surface area contributed by atoms with E-state index in [1.807, 2.05) is 18.2 Å². The molecule has 2 aromatic rings. The van der Waals surface area contributed by atoms with Crippen LogP contribution in [0.15, 0.2) is 48.5 Å². The second kappa shape index (κ2) is 6.10. The van der Waals surface area contributed by atoms with Crippen LogP contribution in [0, 0.1) is 0 Å². The van der Waals surface area contributed by atoms with Gasteiger partial charge in [0.05, 0.1) is 0 Å². The van der Waals surface area contributed by atoms with Crippen molar-refractivity contribution in [3.05, 3.63) is 70.8 Å². The van der Waals surface area contributed by atoms with Crippen LogP contribution in [-0.2, 0) is 13.1 Å². The number of hydrogen-bond donors (Lipinski definition) is 2. The van der Waals surface area contributed by atoms with Crippen molar-refractivity contribution in [1.29, 1.82) is 0 Å². The molecular weight excluding hydrogens is 260 g/mol. The predicted octanol–water partition coefficient (Wildman–Crippen LogP) is 2.95. The Labute approximate surface area is 125 Å². The molecule has 0 saturated heterocycles. The van der Waals surface area contributed by atoms with Crippen molar-refractivity contribution >= 4 is 5.91 Å². The fourth-order valence-corrected chi connectivity index (χ4v) is 2.56. The molecule has 1 fully saturated rings. The fraction of sp³-hybridized carbons (Fsp3) is 0.278. The molecule has 1 aliphatic carbocycles. The zero-order valence-electron chi connectivity index (χ0n) is 12.0. The molecule has 3 rings (SSSR count). The maximum Gasteiger partial charge on any atom is 0.248 e. The van der Waals surface area contributed by atoms with Gasteiger partial charge in [0.15, 0.2) is 0 Å². The van der Waals surface area contributed by atoms with E-state index in [1.165, 1.54) is 24.0 Å². The van der Waals surface area contributed by atoms with E-state index in [1.54, 1.807) is 6.07 Å². The van der Waals surface area contributed by atoms with Gasteiger partial charge in [-0.15, -0.1) is 0 Å². The minimum Gasteiger partial charge on any atom is -0.366 e. The summed E-state index contributed by atoms with van der Waals surface area (Å²) in [5.74, 6) is 0.409. The van der Waals surface area contributed by atoms with Gasteiger partial charge in [-0.2, -0.15) is 0 Å². The SMILES string of the molecule is NC(=O)c1cccc(CNCc2cccc(C3CC3)c2)c1. The number of amides is 1. The molecule has 0 aromatic heterocycles. The van der Waals surface area contributed by atoms with Crippen LogP contribution in [0.4, 0.5) is 0 Å². The Morgan fingerprint density at radius 3 is 2.38 bits per heavy atom. The Kier molecular flexibility index (Phi) is 4.02. The van der Waals surface area contributed by atoms with E-state index in [0.717, 1.165) is 24.6 Å². The molecule has 3 N–H and O–H groups in total. The second-order valence-electron chi connectivity index (χ2n) is 5.69. The maximum absolute atomic E-state index is 11.2. The molecule has 0 bridgehead atoms. The lowest BCUT2D eigenvalue weighted by Gasteiger charge is -2.08. The predicted molar refractivity (Wildman–Crippen MR) is 83.9 cm³/mol. The van der Waals surface area contributed by atoms with Crippen LogP contribution in [0.1, 0.15) is 45.8 Å². The number of nitrogens with one attached hydrogen (secondary N) is 1. The molecule has 0 atom stereocenters. The number of carbonyl (C=O) groups excluding carboxylic acids is 1. The summed E-state index contributed by atoms with van der Waals surface area (Å²) in [5, 5.41) is 3.42. The van der Waals surface area contributed by atoms with Gasteiger partial charge in [0.25, 0.3) is 0 Å². The summed E-state index contributed by atoms with van der Waals surface area (Å²) in [6.45, 7) is 1.57. The van der Waals surface area contributed by atoms with Gasteiger partial charge < -0.3 is 11.1 Å². The van der Waals surface area contributed by atoms with Crippen LogP contribution >= 0.6 is 0 Å². The number of hydrogen-bond acceptors (Lipinski definition) is 2. The van der Waals surface area contributed by atoms with Gasteiger partial charge >= 0.3 is 0 Å². The van der Waals surface area contributed by atoms with E-state index in [4.69, 9.17) is 5.73 Å². The van der Waals surface area contributed by atoms with E-state index in [2.05, 4.69) is 29.6 Å². The third-order valence-electron chi connectivity index (χ3n) is 3.87. The zero-order chi connectivity index (χ0) is 14.7. The molecule has 1 aliphatic rings. The van der Waals surface area contributed by atoms with E-state index >= 15 is 0 Å². The number of primary amides is 1. The molecule has 1 saturated carbocycles. The largest absolute Gasteiger partial charge is 0.366 e. The first-order chi connectivity index (χ1) is 10.2. The molecule has 3 heteroatoms. The molecule has 3 nitrogen and oxygen atoms in total. The van der Waals surface area contributed by atoms with Gasteiger partial charge in [0.2, 0.25) is 5.91 Å². The highest BCUT2D eigenvalue weighted by atomic mass is 16.1. The Bertz CT molecular complexity index is 647. The minimum absolute atomic E-state index is 0.381. The molecular formula is C18H20N2O. The smallest absolute Gasteiger partial charge is 0.248 e. The molecule has 0 spiro atoms. The number of rotatable bonds is 6. The zero-order valence-corrected chi connectivity index (χ0v) is 12.0. The quantitative estimate of drug-likeness (QED) is 0.854. The maximum atomic E-state index is 11.2. The first-order valence-electron chi connectivity index (χ1n) is 7.40. The van der Waals surface area contributed by atoms with Crippen molar-refractivity contribution < 1.29 is 4.79 Å². The topological polar surface area (TPSA) is 55.1 Å². The van der Waals surface area contributed by atoms with Crippen molar-refractivity contribution in [3.8, 4) is 0 Å². The second-order valence-corrected chi connectivity index (χ2v) is 5.69. The van der Waals surface area contributed by atoms with Crippen LogP contribution in [0.2, 0.25) is 0 Å². The minimum atomic E-state index is -0.381. The number of benzene rings is 2. The molecule has 108 valence electrons. The molecule has 0 unspecified atom stereocenters. The van der Waals surface area contributed by atoms with Gasteiger partial charge in [-0.25, -0.2) is 0 Å². The molecule has 21 heavy (non-hydrogen) atoms. The van der Waals surface area contributed by atoms with E-state index in [9.17, 15) is 4.79 Å². The average molecular weight is 280 g/mol. The van der Waals surface area contributed by atoms with Gasteiger partial charge in [-0.3, -0.25) is 4.79 Å². The monoisotopic (exact) mass is 280 g/mol.